The maximum absolute atomic E-state index is 11.6. The van der Waals surface area contributed by atoms with Gasteiger partial charge in [-0.2, -0.15) is 0 Å². The van der Waals surface area contributed by atoms with Crippen LogP contribution in [0.1, 0.15) is 52.5 Å². The van der Waals surface area contributed by atoms with Crippen LogP contribution in [0.3, 0.4) is 0 Å². The molecule has 0 amide bonds. The molecular formula is C18H27BrO3. The van der Waals surface area contributed by atoms with Crippen molar-refractivity contribution in [3.05, 3.63) is 29.8 Å². The van der Waals surface area contributed by atoms with Crippen molar-refractivity contribution in [2.45, 2.75) is 63.8 Å². The summed E-state index contributed by atoms with van der Waals surface area (Å²) in [6, 6.07) is 8.17. The zero-order valence-electron chi connectivity index (χ0n) is 14.0. The van der Waals surface area contributed by atoms with Gasteiger partial charge in [-0.15, -0.1) is 0 Å². The lowest BCUT2D eigenvalue weighted by molar-refractivity contribution is -0.142. The van der Waals surface area contributed by atoms with Crippen LogP contribution in [0.4, 0.5) is 0 Å². The number of rotatable bonds is 8. The van der Waals surface area contributed by atoms with E-state index >= 15 is 0 Å². The van der Waals surface area contributed by atoms with Crippen LogP contribution in [0.15, 0.2) is 24.3 Å². The van der Waals surface area contributed by atoms with Gasteiger partial charge < -0.3 is 9.47 Å². The monoisotopic (exact) mass is 370 g/mol. The molecule has 0 fully saturated rings. The van der Waals surface area contributed by atoms with Crippen LogP contribution in [-0.2, 0) is 16.0 Å². The van der Waals surface area contributed by atoms with E-state index in [-0.39, 0.29) is 16.4 Å². The second-order valence-corrected chi connectivity index (χ2v) is 7.49. The minimum absolute atomic E-state index is 0.157. The summed E-state index contributed by atoms with van der Waals surface area (Å²) < 4.78 is 10.9. The number of benzene rings is 1. The van der Waals surface area contributed by atoms with E-state index < -0.39 is 0 Å². The Labute approximate surface area is 142 Å². The summed E-state index contributed by atoms with van der Waals surface area (Å²) in [7, 11) is 0. The lowest BCUT2D eigenvalue weighted by Crippen LogP contribution is -2.22. The Morgan fingerprint density at radius 3 is 2.41 bits per heavy atom. The Morgan fingerprint density at radius 2 is 1.86 bits per heavy atom. The van der Waals surface area contributed by atoms with Crippen molar-refractivity contribution in [2.75, 3.05) is 6.61 Å². The Balaban J connectivity index is 2.34. The first kappa shape index (κ1) is 19.0. The van der Waals surface area contributed by atoms with E-state index in [9.17, 15) is 4.79 Å². The summed E-state index contributed by atoms with van der Waals surface area (Å²) in [4.78, 5) is 11.4. The number of carbonyl (C=O) groups excluding carboxylic acids is 1. The Morgan fingerprint density at radius 1 is 1.23 bits per heavy atom. The molecule has 0 saturated heterocycles. The molecule has 0 spiro atoms. The highest BCUT2D eigenvalue weighted by molar-refractivity contribution is 9.10. The first-order chi connectivity index (χ1) is 10.3. The van der Waals surface area contributed by atoms with E-state index in [1.165, 1.54) is 5.56 Å². The standard InChI is InChI=1S/C18H27BrO3/c1-5-13-21-17(20)16(19)8-6-7-14-9-11-15(12-10-14)22-18(2,3)4/h9-12,16H,5-8,13H2,1-4H3. The SMILES string of the molecule is CCCOC(=O)C(Br)CCCc1ccc(OC(C)(C)C)cc1. The quantitative estimate of drug-likeness (QED) is 0.482. The second kappa shape index (κ2) is 9.19. The summed E-state index contributed by atoms with van der Waals surface area (Å²) in [5.41, 5.74) is 1.08. The fourth-order valence-electron chi connectivity index (χ4n) is 1.97. The Kier molecular flexibility index (Phi) is 7.94. The van der Waals surface area contributed by atoms with E-state index in [0.717, 1.165) is 31.4 Å². The highest BCUT2D eigenvalue weighted by Gasteiger charge is 2.15. The number of hydrogen-bond donors (Lipinski definition) is 0. The van der Waals surface area contributed by atoms with Gasteiger partial charge in [0.2, 0.25) is 0 Å². The highest BCUT2D eigenvalue weighted by Crippen LogP contribution is 2.20. The van der Waals surface area contributed by atoms with Gasteiger partial charge in [0, 0.05) is 0 Å². The summed E-state index contributed by atoms with van der Waals surface area (Å²) in [6.07, 6.45) is 3.52. The van der Waals surface area contributed by atoms with Crippen molar-refractivity contribution in [3.63, 3.8) is 0 Å². The molecule has 0 aliphatic rings. The third-order valence-corrected chi connectivity index (χ3v) is 3.81. The predicted molar refractivity (Wildman–Crippen MR) is 93.7 cm³/mol. The Bertz CT molecular complexity index is 448. The molecule has 0 bridgehead atoms. The van der Waals surface area contributed by atoms with E-state index in [2.05, 4.69) is 28.1 Å². The molecule has 0 aliphatic carbocycles. The molecule has 1 aromatic rings. The predicted octanol–water partition coefficient (Wildman–Crippen LogP) is 4.90. The van der Waals surface area contributed by atoms with Crippen molar-refractivity contribution < 1.29 is 14.3 Å². The van der Waals surface area contributed by atoms with Gasteiger partial charge in [0.15, 0.2) is 0 Å². The average Bonchev–Trinajstić information content (AvgIpc) is 2.44. The average molecular weight is 371 g/mol. The van der Waals surface area contributed by atoms with Crippen molar-refractivity contribution in [2.24, 2.45) is 0 Å². The van der Waals surface area contributed by atoms with Crippen LogP contribution in [0.5, 0.6) is 5.75 Å². The maximum atomic E-state index is 11.6. The van der Waals surface area contributed by atoms with Crippen molar-refractivity contribution in [1.82, 2.24) is 0 Å². The molecule has 1 unspecified atom stereocenters. The van der Waals surface area contributed by atoms with E-state index in [1.54, 1.807) is 0 Å². The van der Waals surface area contributed by atoms with Gasteiger partial charge in [-0.05, 0) is 64.2 Å². The highest BCUT2D eigenvalue weighted by atomic mass is 79.9. The molecule has 22 heavy (non-hydrogen) atoms. The first-order valence-electron chi connectivity index (χ1n) is 7.90. The zero-order chi connectivity index (χ0) is 16.6. The molecule has 4 heteroatoms. The van der Waals surface area contributed by atoms with Crippen LogP contribution in [0.2, 0.25) is 0 Å². The molecule has 1 rings (SSSR count). The van der Waals surface area contributed by atoms with E-state index in [4.69, 9.17) is 9.47 Å². The Hall–Kier alpha value is -1.03. The smallest absolute Gasteiger partial charge is 0.319 e. The molecule has 0 aromatic heterocycles. The number of halogens is 1. The van der Waals surface area contributed by atoms with Gasteiger partial charge in [-0.25, -0.2) is 0 Å². The molecule has 1 aromatic carbocycles. The summed E-state index contributed by atoms with van der Waals surface area (Å²) in [6.45, 7) is 8.59. The second-order valence-electron chi connectivity index (χ2n) is 6.39. The van der Waals surface area contributed by atoms with Gasteiger partial charge in [-0.3, -0.25) is 4.79 Å². The lowest BCUT2D eigenvalue weighted by Gasteiger charge is -2.21. The van der Waals surface area contributed by atoms with Crippen molar-refractivity contribution in [3.8, 4) is 5.75 Å². The molecule has 0 radical (unpaired) electrons. The van der Waals surface area contributed by atoms with E-state index in [1.807, 2.05) is 39.8 Å². The summed E-state index contributed by atoms with van der Waals surface area (Å²) in [5, 5.41) is 0. The van der Waals surface area contributed by atoms with Crippen molar-refractivity contribution >= 4 is 21.9 Å². The maximum Gasteiger partial charge on any atom is 0.319 e. The summed E-state index contributed by atoms with van der Waals surface area (Å²) >= 11 is 3.40. The van der Waals surface area contributed by atoms with Gasteiger partial charge in [-0.1, -0.05) is 35.0 Å². The molecule has 0 aliphatic heterocycles. The van der Waals surface area contributed by atoms with Crippen LogP contribution in [0.25, 0.3) is 0 Å². The normalized spacial score (nSPS) is 12.8. The molecule has 124 valence electrons. The number of aryl methyl sites for hydroxylation is 1. The molecule has 0 saturated carbocycles. The third kappa shape index (κ3) is 7.83. The minimum atomic E-state index is -0.206. The molecular weight excluding hydrogens is 344 g/mol. The van der Waals surface area contributed by atoms with Gasteiger partial charge in [0.25, 0.3) is 0 Å². The number of esters is 1. The number of carbonyl (C=O) groups is 1. The molecule has 1 atom stereocenters. The third-order valence-electron chi connectivity index (χ3n) is 2.97. The molecule has 0 N–H and O–H groups in total. The first-order valence-corrected chi connectivity index (χ1v) is 8.82. The fourth-order valence-corrected chi connectivity index (χ4v) is 2.43. The largest absolute Gasteiger partial charge is 0.488 e. The van der Waals surface area contributed by atoms with Crippen LogP contribution < -0.4 is 4.74 Å². The van der Waals surface area contributed by atoms with Crippen LogP contribution in [0, 0.1) is 0 Å². The van der Waals surface area contributed by atoms with Gasteiger partial charge in [0.1, 0.15) is 16.2 Å². The lowest BCUT2D eigenvalue weighted by atomic mass is 10.1. The zero-order valence-corrected chi connectivity index (χ0v) is 15.6. The van der Waals surface area contributed by atoms with Gasteiger partial charge in [0.05, 0.1) is 6.61 Å². The topological polar surface area (TPSA) is 35.5 Å². The number of alkyl halides is 1. The molecule has 0 heterocycles. The summed E-state index contributed by atoms with van der Waals surface area (Å²) in [5.74, 6) is 0.730. The number of hydrogen-bond acceptors (Lipinski definition) is 3. The van der Waals surface area contributed by atoms with Crippen LogP contribution in [-0.4, -0.2) is 23.0 Å². The minimum Gasteiger partial charge on any atom is -0.488 e. The molecule has 3 nitrogen and oxygen atoms in total. The van der Waals surface area contributed by atoms with E-state index in [0.29, 0.717) is 6.61 Å². The van der Waals surface area contributed by atoms with Crippen molar-refractivity contribution in [1.29, 1.82) is 0 Å². The number of ether oxygens (including phenoxy) is 2. The fraction of sp³-hybridized carbons (Fsp3) is 0.611. The van der Waals surface area contributed by atoms with Gasteiger partial charge >= 0.3 is 5.97 Å². The van der Waals surface area contributed by atoms with Crippen LogP contribution >= 0.6 is 15.9 Å².